The van der Waals surface area contributed by atoms with E-state index in [1.165, 1.54) is 7.11 Å². The minimum Gasteiger partial charge on any atom is -0.465 e. The number of carbonyl (C=O) groups excluding carboxylic acids is 1. The Bertz CT molecular complexity index is 458. The highest BCUT2D eigenvalue weighted by molar-refractivity contribution is 5.97. The first-order valence-electron chi connectivity index (χ1n) is 6.24. The van der Waals surface area contributed by atoms with Crippen molar-refractivity contribution >= 4 is 17.3 Å². The van der Waals surface area contributed by atoms with E-state index in [2.05, 4.69) is 17.1 Å². The number of nitrogens with two attached hydrogens (primary N) is 1. The van der Waals surface area contributed by atoms with E-state index in [0.29, 0.717) is 11.3 Å². The number of carbonyl (C=O) groups is 1. The molecule has 0 aliphatic rings. The van der Waals surface area contributed by atoms with E-state index >= 15 is 0 Å². The Morgan fingerprint density at radius 2 is 2.11 bits per heavy atom. The van der Waals surface area contributed by atoms with Crippen molar-refractivity contribution in [3.8, 4) is 0 Å². The number of ether oxygens (including phenoxy) is 1. The van der Waals surface area contributed by atoms with E-state index in [1.807, 2.05) is 27.1 Å². The van der Waals surface area contributed by atoms with Crippen LogP contribution in [-0.2, 0) is 4.74 Å². The van der Waals surface area contributed by atoms with Gasteiger partial charge in [-0.3, -0.25) is 0 Å². The summed E-state index contributed by atoms with van der Waals surface area (Å²) >= 11 is 0. The largest absolute Gasteiger partial charge is 0.465 e. The predicted octanol–water partition coefficient (Wildman–Crippen LogP) is 1.73. The van der Waals surface area contributed by atoms with Gasteiger partial charge in [-0.1, -0.05) is 0 Å². The number of rotatable bonds is 5. The van der Waals surface area contributed by atoms with Gasteiger partial charge in [-0.05, 0) is 45.6 Å². The van der Waals surface area contributed by atoms with Crippen LogP contribution in [0.15, 0.2) is 12.1 Å². The lowest BCUT2D eigenvalue weighted by molar-refractivity contribution is 0.0602. The van der Waals surface area contributed by atoms with Gasteiger partial charge < -0.3 is 20.7 Å². The molecule has 0 aliphatic heterocycles. The van der Waals surface area contributed by atoms with E-state index < -0.39 is 5.97 Å². The first kappa shape index (κ1) is 15.3. The fourth-order valence-electron chi connectivity index (χ4n) is 2.04. The summed E-state index contributed by atoms with van der Waals surface area (Å²) in [7, 11) is 5.39. The standard InChI is InChI=1S/C14H23N3O2/c1-9-6-11(16-10(2)8-17(3)4)7-12(13(9)15)14(18)19-5/h6-7,10,16H,8,15H2,1-5H3. The Labute approximate surface area is 114 Å². The topological polar surface area (TPSA) is 67.6 Å². The second-order valence-electron chi connectivity index (χ2n) is 5.05. The van der Waals surface area contributed by atoms with Crippen LogP contribution in [0.25, 0.3) is 0 Å². The maximum atomic E-state index is 11.7. The van der Waals surface area contributed by atoms with Crippen molar-refractivity contribution in [2.75, 3.05) is 38.8 Å². The molecule has 0 fully saturated rings. The van der Waals surface area contributed by atoms with Gasteiger partial charge in [0.25, 0.3) is 0 Å². The molecule has 1 rings (SSSR count). The number of likely N-dealkylation sites (N-methyl/N-ethyl adjacent to an activating group) is 1. The Morgan fingerprint density at radius 1 is 1.47 bits per heavy atom. The highest BCUT2D eigenvalue weighted by Crippen LogP contribution is 2.24. The van der Waals surface area contributed by atoms with Crippen molar-refractivity contribution in [1.82, 2.24) is 4.90 Å². The van der Waals surface area contributed by atoms with Crippen LogP contribution in [0.3, 0.4) is 0 Å². The molecule has 0 aromatic heterocycles. The third-order valence-corrected chi connectivity index (χ3v) is 2.84. The highest BCUT2D eigenvalue weighted by Gasteiger charge is 2.14. The smallest absolute Gasteiger partial charge is 0.340 e. The molecule has 1 aromatic rings. The zero-order valence-corrected chi connectivity index (χ0v) is 12.3. The second-order valence-corrected chi connectivity index (χ2v) is 5.05. The number of benzene rings is 1. The van der Waals surface area contributed by atoms with Crippen LogP contribution in [0.5, 0.6) is 0 Å². The molecule has 19 heavy (non-hydrogen) atoms. The number of hydrogen-bond donors (Lipinski definition) is 2. The molecule has 0 spiro atoms. The van der Waals surface area contributed by atoms with Crippen molar-refractivity contribution in [2.24, 2.45) is 0 Å². The molecule has 0 aliphatic carbocycles. The summed E-state index contributed by atoms with van der Waals surface area (Å²) in [6.07, 6.45) is 0. The minimum atomic E-state index is -0.412. The molecule has 1 unspecified atom stereocenters. The van der Waals surface area contributed by atoms with Gasteiger partial charge in [0.05, 0.1) is 12.7 Å². The van der Waals surface area contributed by atoms with Gasteiger partial charge in [0.2, 0.25) is 0 Å². The molecule has 0 amide bonds. The van der Waals surface area contributed by atoms with Crippen LogP contribution in [0.2, 0.25) is 0 Å². The van der Waals surface area contributed by atoms with Crippen LogP contribution in [0.1, 0.15) is 22.8 Å². The monoisotopic (exact) mass is 265 g/mol. The van der Waals surface area contributed by atoms with Gasteiger partial charge in [-0.15, -0.1) is 0 Å². The molecule has 0 saturated heterocycles. The molecule has 1 atom stereocenters. The molecule has 0 radical (unpaired) electrons. The second kappa shape index (κ2) is 6.43. The lowest BCUT2D eigenvalue weighted by Gasteiger charge is -2.20. The number of nitrogen functional groups attached to an aromatic ring is 1. The van der Waals surface area contributed by atoms with Crippen LogP contribution in [0.4, 0.5) is 11.4 Å². The summed E-state index contributed by atoms with van der Waals surface area (Å²) in [6.45, 7) is 4.87. The third kappa shape index (κ3) is 4.13. The molecule has 106 valence electrons. The van der Waals surface area contributed by atoms with Crippen molar-refractivity contribution < 1.29 is 9.53 Å². The summed E-state index contributed by atoms with van der Waals surface area (Å²) in [5, 5.41) is 3.36. The fraction of sp³-hybridized carbons (Fsp3) is 0.500. The first-order chi connectivity index (χ1) is 8.85. The highest BCUT2D eigenvalue weighted by atomic mass is 16.5. The van der Waals surface area contributed by atoms with Gasteiger partial charge in [0.1, 0.15) is 0 Å². The number of methoxy groups -OCH3 is 1. The average Bonchev–Trinajstić information content (AvgIpc) is 2.31. The van der Waals surface area contributed by atoms with E-state index in [1.54, 1.807) is 6.07 Å². The van der Waals surface area contributed by atoms with Crippen molar-refractivity contribution in [3.05, 3.63) is 23.3 Å². The van der Waals surface area contributed by atoms with E-state index in [4.69, 9.17) is 10.5 Å². The van der Waals surface area contributed by atoms with Gasteiger partial charge in [0.15, 0.2) is 0 Å². The summed E-state index contributed by atoms with van der Waals surface area (Å²) in [5.74, 6) is -0.412. The Balaban J connectivity index is 2.97. The molecule has 5 heteroatoms. The lowest BCUT2D eigenvalue weighted by Crippen LogP contribution is -2.29. The molecule has 0 saturated carbocycles. The van der Waals surface area contributed by atoms with Crippen molar-refractivity contribution in [1.29, 1.82) is 0 Å². The lowest BCUT2D eigenvalue weighted by atomic mass is 10.1. The predicted molar refractivity (Wildman–Crippen MR) is 78.6 cm³/mol. The third-order valence-electron chi connectivity index (χ3n) is 2.84. The zero-order valence-electron chi connectivity index (χ0n) is 12.3. The van der Waals surface area contributed by atoms with E-state index in [-0.39, 0.29) is 6.04 Å². The van der Waals surface area contributed by atoms with E-state index in [0.717, 1.165) is 17.8 Å². The normalized spacial score (nSPS) is 12.3. The van der Waals surface area contributed by atoms with Gasteiger partial charge in [-0.2, -0.15) is 0 Å². The minimum absolute atomic E-state index is 0.267. The molecular formula is C14H23N3O2. The average molecular weight is 265 g/mol. The van der Waals surface area contributed by atoms with Crippen LogP contribution < -0.4 is 11.1 Å². The summed E-state index contributed by atoms with van der Waals surface area (Å²) in [4.78, 5) is 13.8. The number of anilines is 2. The molecule has 5 nitrogen and oxygen atoms in total. The van der Waals surface area contributed by atoms with Crippen LogP contribution >= 0.6 is 0 Å². The van der Waals surface area contributed by atoms with Crippen LogP contribution in [-0.4, -0.2) is 44.7 Å². The quantitative estimate of drug-likeness (QED) is 0.627. The number of nitrogens with zero attached hydrogens (tertiary/aromatic N) is 1. The number of esters is 1. The van der Waals surface area contributed by atoms with Crippen molar-refractivity contribution in [3.63, 3.8) is 0 Å². The number of aryl methyl sites for hydroxylation is 1. The SMILES string of the molecule is COC(=O)c1cc(NC(C)CN(C)C)cc(C)c1N. The Kier molecular flexibility index (Phi) is 5.18. The molecule has 0 heterocycles. The fourth-order valence-corrected chi connectivity index (χ4v) is 2.04. The molecule has 3 N–H and O–H groups in total. The maximum absolute atomic E-state index is 11.7. The summed E-state index contributed by atoms with van der Waals surface area (Å²) < 4.78 is 4.74. The van der Waals surface area contributed by atoms with Crippen molar-refractivity contribution in [2.45, 2.75) is 19.9 Å². The number of hydrogen-bond acceptors (Lipinski definition) is 5. The Hall–Kier alpha value is -1.75. The molecule has 1 aromatic carbocycles. The maximum Gasteiger partial charge on any atom is 0.340 e. The van der Waals surface area contributed by atoms with Gasteiger partial charge in [0, 0.05) is 24.0 Å². The summed E-state index contributed by atoms with van der Waals surface area (Å²) in [6, 6.07) is 3.94. The van der Waals surface area contributed by atoms with Crippen LogP contribution in [0, 0.1) is 6.92 Å². The summed E-state index contributed by atoms with van der Waals surface area (Å²) in [5.41, 5.74) is 8.52. The van der Waals surface area contributed by atoms with Gasteiger partial charge in [-0.25, -0.2) is 4.79 Å². The first-order valence-corrected chi connectivity index (χ1v) is 6.24. The van der Waals surface area contributed by atoms with E-state index in [9.17, 15) is 4.79 Å². The Morgan fingerprint density at radius 3 is 2.63 bits per heavy atom. The molecule has 0 bridgehead atoms. The zero-order chi connectivity index (χ0) is 14.6. The number of nitrogens with one attached hydrogen (secondary N) is 1. The molecular weight excluding hydrogens is 242 g/mol. The van der Waals surface area contributed by atoms with Gasteiger partial charge >= 0.3 is 5.97 Å².